The second kappa shape index (κ2) is 5.31. The molecule has 100 valence electrons. The summed E-state index contributed by atoms with van der Waals surface area (Å²) in [4.78, 5) is 11.0. The van der Waals surface area contributed by atoms with E-state index in [9.17, 15) is 4.79 Å². The smallest absolute Gasteiger partial charge is 0.150 e. The lowest BCUT2D eigenvalue weighted by Gasteiger charge is -2.07. The molecule has 1 N–H and O–H groups in total. The van der Waals surface area contributed by atoms with Crippen molar-refractivity contribution in [1.29, 1.82) is 0 Å². The molecule has 0 amide bonds. The van der Waals surface area contributed by atoms with Crippen LogP contribution in [0.15, 0.2) is 54.7 Å². The normalized spacial score (nSPS) is 10.8. The highest BCUT2D eigenvalue weighted by Crippen LogP contribution is 2.20. The van der Waals surface area contributed by atoms with E-state index in [0.29, 0.717) is 0 Å². The standard InChI is InChI=1S/C17H15NO2/c19-11-14-6-4-13(5-7-14)10-18-9-8-16-15(12-20)2-1-3-17(16)18/h1-9,12,19H,10-11H2. The van der Waals surface area contributed by atoms with Gasteiger partial charge in [-0.1, -0.05) is 36.4 Å². The van der Waals surface area contributed by atoms with Crippen molar-refractivity contribution in [1.82, 2.24) is 4.57 Å². The number of aromatic nitrogens is 1. The van der Waals surface area contributed by atoms with Gasteiger partial charge in [0.25, 0.3) is 0 Å². The first kappa shape index (κ1) is 12.6. The molecule has 0 aliphatic heterocycles. The molecule has 0 aliphatic carbocycles. The maximum Gasteiger partial charge on any atom is 0.150 e. The van der Waals surface area contributed by atoms with Crippen molar-refractivity contribution in [2.24, 2.45) is 0 Å². The summed E-state index contributed by atoms with van der Waals surface area (Å²) < 4.78 is 2.12. The molecule has 20 heavy (non-hydrogen) atoms. The minimum atomic E-state index is 0.0649. The third-order valence-electron chi connectivity index (χ3n) is 3.53. The zero-order chi connectivity index (χ0) is 13.9. The van der Waals surface area contributed by atoms with E-state index in [1.807, 2.05) is 54.7 Å². The molecule has 0 unspecified atom stereocenters. The maximum absolute atomic E-state index is 11.0. The van der Waals surface area contributed by atoms with Crippen molar-refractivity contribution in [3.8, 4) is 0 Å². The van der Waals surface area contributed by atoms with Crippen LogP contribution in [0.4, 0.5) is 0 Å². The molecular weight excluding hydrogens is 250 g/mol. The van der Waals surface area contributed by atoms with Gasteiger partial charge in [-0.25, -0.2) is 0 Å². The Labute approximate surface area is 117 Å². The number of carbonyl (C=O) groups is 1. The van der Waals surface area contributed by atoms with Crippen LogP contribution in [0.1, 0.15) is 21.5 Å². The van der Waals surface area contributed by atoms with E-state index in [1.54, 1.807) is 0 Å². The largest absolute Gasteiger partial charge is 0.392 e. The number of nitrogens with zero attached hydrogens (tertiary/aromatic N) is 1. The predicted octanol–water partition coefficient (Wildman–Crippen LogP) is 2.99. The average Bonchev–Trinajstić information content (AvgIpc) is 2.91. The van der Waals surface area contributed by atoms with E-state index in [4.69, 9.17) is 5.11 Å². The van der Waals surface area contributed by atoms with E-state index < -0.39 is 0 Å². The van der Waals surface area contributed by atoms with Crippen molar-refractivity contribution in [2.45, 2.75) is 13.2 Å². The van der Waals surface area contributed by atoms with Gasteiger partial charge in [-0.05, 0) is 23.3 Å². The van der Waals surface area contributed by atoms with Gasteiger partial charge < -0.3 is 9.67 Å². The number of carbonyl (C=O) groups excluding carboxylic acids is 1. The van der Waals surface area contributed by atoms with Crippen LogP contribution in [-0.4, -0.2) is 16.0 Å². The molecule has 0 saturated carbocycles. The molecule has 0 spiro atoms. The zero-order valence-electron chi connectivity index (χ0n) is 11.0. The van der Waals surface area contributed by atoms with Gasteiger partial charge in [0.1, 0.15) is 0 Å². The highest BCUT2D eigenvalue weighted by molar-refractivity contribution is 5.97. The molecule has 0 saturated heterocycles. The Morgan fingerprint density at radius 2 is 1.75 bits per heavy atom. The summed E-state index contributed by atoms with van der Waals surface area (Å²) in [5.41, 5.74) is 3.85. The number of aliphatic hydroxyl groups is 1. The van der Waals surface area contributed by atoms with Gasteiger partial charge in [0.15, 0.2) is 6.29 Å². The fourth-order valence-corrected chi connectivity index (χ4v) is 2.43. The Morgan fingerprint density at radius 3 is 2.45 bits per heavy atom. The molecule has 1 aromatic heterocycles. The third kappa shape index (κ3) is 2.24. The molecule has 2 aromatic carbocycles. The maximum atomic E-state index is 11.0. The fourth-order valence-electron chi connectivity index (χ4n) is 2.43. The van der Waals surface area contributed by atoms with Crippen molar-refractivity contribution in [3.05, 3.63) is 71.4 Å². The highest BCUT2D eigenvalue weighted by atomic mass is 16.3. The number of benzene rings is 2. The number of hydrogen-bond acceptors (Lipinski definition) is 2. The number of fused-ring (bicyclic) bond motifs is 1. The Morgan fingerprint density at radius 1 is 1.00 bits per heavy atom. The first-order valence-electron chi connectivity index (χ1n) is 6.53. The molecule has 1 heterocycles. The van der Waals surface area contributed by atoms with Crippen molar-refractivity contribution in [3.63, 3.8) is 0 Å². The summed E-state index contributed by atoms with van der Waals surface area (Å²) >= 11 is 0. The van der Waals surface area contributed by atoms with Crippen LogP contribution in [0.3, 0.4) is 0 Å². The molecule has 0 aliphatic rings. The second-order valence-corrected chi connectivity index (χ2v) is 4.82. The molecule has 0 fully saturated rings. The van der Waals surface area contributed by atoms with Gasteiger partial charge in [-0.15, -0.1) is 0 Å². The first-order chi connectivity index (χ1) is 9.81. The fraction of sp³-hybridized carbons (Fsp3) is 0.118. The summed E-state index contributed by atoms with van der Waals surface area (Å²) in [6, 6.07) is 15.6. The molecule has 3 aromatic rings. The molecule has 0 bridgehead atoms. The summed E-state index contributed by atoms with van der Waals surface area (Å²) in [6.45, 7) is 0.812. The average molecular weight is 265 g/mol. The minimum Gasteiger partial charge on any atom is -0.392 e. The Kier molecular flexibility index (Phi) is 3.35. The summed E-state index contributed by atoms with van der Waals surface area (Å²) in [7, 11) is 0. The second-order valence-electron chi connectivity index (χ2n) is 4.82. The van der Waals surface area contributed by atoms with Crippen LogP contribution in [-0.2, 0) is 13.2 Å². The molecule has 3 nitrogen and oxygen atoms in total. The van der Waals surface area contributed by atoms with E-state index in [0.717, 1.165) is 40.4 Å². The van der Waals surface area contributed by atoms with Crippen LogP contribution >= 0.6 is 0 Å². The Hall–Kier alpha value is -2.39. The third-order valence-corrected chi connectivity index (χ3v) is 3.53. The Bertz CT molecular complexity index is 741. The van der Waals surface area contributed by atoms with Crippen LogP contribution in [0, 0.1) is 0 Å². The summed E-state index contributed by atoms with van der Waals surface area (Å²) in [6.07, 6.45) is 2.89. The van der Waals surface area contributed by atoms with Crippen molar-refractivity contribution >= 4 is 17.2 Å². The van der Waals surface area contributed by atoms with Crippen LogP contribution in [0.2, 0.25) is 0 Å². The van der Waals surface area contributed by atoms with Gasteiger partial charge in [-0.3, -0.25) is 4.79 Å². The lowest BCUT2D eigenvalue weighted by Crippen LogP contribution is -1.98. The Balaban J connectivity index is 1.96. The van der Waals surface area contributed by atoms with E-state index >= 15 is 0 Å². The molecule has 3 heteroatoms. The van der Waals surface area contributed by atoms with Gasteiger partial charge in [-0.2, -0.15) is 0 Å². The van der Waals surface area contributed by atoms with Crippen LogP contribution in [0.5, 0.6) is 0 Å². The topological polar surface area (TPSA) is 42.2 Å². The predicted molar refractivity (Wildman–Crippen MR) is 78.8 cm³/mol. The molecule has 3 rings (SSSR count). The monoisotopic (exact) mass is 265 g/mol. The van der Waals surface area contributed by atoms with Crippen LogP contribution in [0.25, 0.3) is 10.9 Å². The number of rotatable bonds is 4. The number of aldehydes is 1. The SMILES string of the molecule is O=Cc1cccc2c1ccn2Cc1ccc(CO)cc1. The summed E-state index contributed by atoms with van der Waals surface area (Å²) in [5, 5.41) is 10.0. The summed E-state index contributed by atoms with van der Waals surface area (Å²) in [5.74, 6) is 0. The number of aliphatic hydroxyl groups excluding tert-OH is 1. The van der Waals surface area contributed by atoms with Crippen molar-refractivity contribution < 1.29 is 9.90 Å². The van der Waals surface area contributed by atoms with Crippen LogP contribution < -0.4 is 0 Å². The minimum absolute atomic E-state index is 0.0649. The molecule has 0 atom stereocenters. The first-order valence-corrected chi connectivity index (χ1v) is 6.53. The van der Waals surface area contributed by atoms with Gasteiger partial charge in [0, 0.05) is 29.2 Å². The lowest BCUT2D eigenvalue weighted by molar-refractivity contribution is 0.112. The van der Waals surface area contributed by atoms with Gasteiger partial charge in [0.2, 0.25) is 0 Å². The number of hydrogen-bond donors (Lipinski definition) is 1. The molecular formula is C17H15NO2. The highest BCUT2D eigenvalue weighted by Gasteiger charge is 2.05. The zero-order valence-corrected chi connectivity index (χ0v) is 11.0. The van der Waals surface area contributed by atoms with Gasteiger partial charge >= 0.3 is 0 Å². The van der Waals surface area contributed by atoms with E-state index in [2.05, 4.69) is 4.57 Å². The van der Waals surface area contributed by atoms with E-state index in [1.165, 1.54) is 0 Å². The molecule has 0 radical (unpaired) electrons. The quantitative estimate of drug-likeness (QED) is 0.737. The van der Waals surface area contributed by atoms with Gasteiger partial charge in [0.05, 0.1) is 6.61 Å². The van der Waals surface area contributed by atoms with Crippen molar-refractivity contribution in [2.75, 3.05) is 0 Å². The van der Waals surface area contributed by atoms with E-state index in [-0.39, 0.29) is 6.61 Å². The lowest BCUT2D eigenvalue weighted by atomic mass is 10.1.